The SMILES string of the molecule is NCCCN(C1CCC1)S(=O)(=O)c1ccc2c(c1)CCC2. The van der Waals surface area contributed by atoms with Crippen molar-refractivity contribution in [3.8, 4) is 0 Å². The highest BCUT2D eigenvalue weighted by Gasteiger charge is 2.34. The van der Waals surface area contributed by atoms with Gasteiger partial charge in [-0.2, -0.15) is 4.31 Å². The number of nitrogens with two attached hydrogens (primary N) is 1. The average Bonchev–Trinajstić information content (AvgIpc) is 2.88. The minimum atomic E-state index is -3.38. The first-order valence-electron chi connectivity index (χ1n) is 7.96. The molecular weight excluding hydrogens is 284 g/mol. The minimum Gasteiger partial charge on any atom is -0.330 e. The molecule has 0 unspecified atom stereocenters. The molecule has 0 amide bonds. The summed E-state index contributed by atoms with van der Waals surface area (Å²) in [6.07, 6.45) is 7.03. The Morgan fingerprint density at radius 3 is 2.57 bits per heavy atom. The maximum atomic E-state index is 13.0. The summed E-state index contributed by atoms with van der Waals surface area (Å²) in [7, 11) is -3.38. The number of rotatable bonds is 6. The first-order valence-corrected chi connectivity index (χ1v) is 9.40. The van der Waals surface area contributed by atoms with E-state index in [2.05, 4.69) is 0 Å². The van der Waals surface area contributed by atoms with Crippen molar-refractivity contribution in [2.24, 2.45) is 5.73 Å². The molecule has 0 saturated heterocycles. The third-order valence-corrected chi connectivity index (χ3v) is 6.69. The molecule has 1 saturated carbocycles. The fourth-order valence-electron chi connectivity index (χ4n) is 3.26. The largest absolute Gasteiger partial charge is 0.330 e. The fraction of sp³-hybridized carbons (Fsp3) is 0.625. The normalized spacial score (nSPS) is 18.8. The summed E-state index contributed by atoms with van der Waals surface area (Å²) >= 11 is 0. The standard InChI is InChI=1S/C16H24N2O2S/c17-10-3-11-18(15-6-2-7-15)21(19,20)16-9-8-13-4-1-5-14(13)12-16/h8-9,12,15H,1-7,10-11,17H2. The molecule has 0 radical (unpaired) electrons. The highest BCUT2D eigenvalue weighted by atomic mass is 32.2. The number of benzene rings is 1. The van der Waals surface area contributed by atoms with Crippen molar-refractivity contribution in [3.63, 3.8) is 0 Å². The van der Waals surface area contributed by atoms with Crippen LogP contribution >= 0.6 is 0 Å². The van der Waals surface area contributed by atoms with Gasteiger partial charge in [-0.15, -0.1) is 0 Å². The second kappa shape index (κ2) is 6.07. The molecule has 1 aromatic rings. The van der Waals surface area contributed by atoms with Gasteiger partial charge in [0.25, 0.3) is 0 Å². The summed E-state index contributed by atoms with van der Waals surface area (Å²) in [5.74, 6) is 0. The number of nitrogens with zero attached hydrogens (tertiary/aromatic N) is 1. The van der Waals surface area contributed by atoms with Gasteiger partial charge >= 0.3 is 0 Å². The van der Waals surface area contributed by atoms with Gasteiger partial charge in [0, 0.05) is 12.6 Å². The Bertz CT molecular complexity index is 609. The van der Waals surface area contributed by atoms with Crippen LogP contribution in [-0.4, -0.2) is 31.9 Å². The first kappa shape index (κ1) is 15.0. The molecule has 1 aromatic carbocycles. The quantitative estimate of drug-likeness (QED) is 0.875. The van der Waals surface area contributed by atoms with Gasteiger partial charge in [0.2, 0.25) is 10.0 Å². The van der Waals surface area contributed by atoms with Crippen molar-refractivity contribution in [3.05, 3.63) is 29.3 Å². The minimum absolute atomic E-state index is 0.176. The van der Waals surface area contributed by atoms with Crippen LogP contribution in [0.5, 0.6) is 0 Å². The second-order valence-electron chi connectivity index (χ2n) is 6.13. The van der Waals surface area contributed by atoms with Crippen molar-refractivity contribution in [1.29, 1.82) is 0 Å². The van der Waals surface area contributed by atoms with Crippen molar-refractivity contribution in [2.45, 2.75) is 55.9 Å². The van der Waals surface area contributed by atoms with Crippen molar-refractivity contribution in [2.75, 3.05) is 13.1 Å². The van der Waals surface area contributed by atoms with Crippen LogP contribution in [0.15, 0.2) is 23.1 Å². The predicted octanol–water partition coefficient (Wildman–Crippen LogP) is 2.07. The molecule has 5 heteroatoms. The lowest BCUT2D eigenvalue weighted by Gasteiger charge is -2.36. The van der Waals surface area contributed by atoms with E-state index in [9.17, 15) is 8.42 Å². The zero-order chi connectivity index (χ0) is 14.9. The Hall–Kier alpha value is -0.910. The average molecular weight is 308 g/mol. The maximum absolute atomic E-state index is 13.0. The van der Waals surface area contributed by atoms with Gasteiger partial charge in [0.15, 0.2) is 0 Å². The lowest BCUT2D eigenvalue weighted by molar-refractivity contribution is 0.218. The van der Waals surface area contributed by atoms with E-state index in [0.29, 0.717) is 18.0 Å². The molecule has 0 spiro atoms. The Labute approximate surface area is 127 Å². The number of hydrogen-bond acceptors (Lipinski definition) is 3. The summed E-state index contributed by atoms with van der Waals surface area (Å²) in [6.45, 7) is 1.07. The predicted molar refractivity (Wildman–Crippen MR) is 83.7 cm³/mol. The van der Waals surface area contributed by atoms with E-state index in [4.69, 9.17) is 5.73 Å². The van der Waals surface area contributed by atoms with E-state index in [1.165, 1.54) is 11.1 Å². The van der Waals surface area contributed by atoms with Gasteiger partial charge in [-0.1, -0.05) is 12.5 Å². The molecule has 0 heterocycles. The van der Waals surface area contributed by atoms with Crippen LogP contribution in [0.4, 0.5) is 0 Å². The molecule has 21 heavy (non-hydrogen) atoms. The molecule has 116 valence electrons. The molecule has 0 aliphatic heterocycles. The van der Waals surface area contributed by atoms with Gasteiger partial charge < -0.3 is 5.73 Å². The molecule has 2 aliphatic carbocycles. The molecular formula is C16H24N2O2S. The van der Waals surface area contributed by atoms with Crippen LogP contribution in [-0.2, 0) is 22.9 Å². The molecule has 0 atom stereocenters. The van der Waals surface area contributed by atoms with Crippen molar-refractivity contribution >= 4 is 10.0 Å². The van der Waals surface area contributed by atoms with E-state index in [1.54, 1.807) is 10.4 Å². The van der Waals surface area contributed by atoms with Crippen LogP contribution in [0.25, 0.3) is 0 Å². The topological polar surface area (TPSA) is 63.4 Å². The van der Waals surface area contributed by atoms with Crippen LogP contribution in [0.2, 0.25) is 0 Å². The first-order chi connectivity index (χ1) is 10.1. The highest BCUT2D eigenvalue weighted by molar-refractivity contribution is 7.89. The number of hydrogen-bond donors (Lipinski definition) is 1. The smallest absolute Gasteiger partial charge is 0.243 e. The van der Waals surface area contributed by atoms with Crippen LogP contribution in [0.1, 0.15) is 43.2 Å². The van der Waals surface area contributed by atoms with E-state index in [0.717, 1.165) is 44.9 Å². The molecule has 0 bridgehead atoms. The zero-order valence-corrected chi connectivity index (χ0v) is 13.2. The number of fused-ring (bicyclic) bond motifs is 1. The summed E-state index contributed by atoms with van der Waals surface area (Å²) in [4.78, 5) is 0.465. The van der Waals surface area contributed by atoms with Gasteiger partial charge in [-0.25, -0.2) is 8.42 Å². The van der Waals surface area contributed by atoms with Crippen molar-refractivity contribution in [1.82, 2.24) is 4.31 Å². The van der Waals surface area contributed by atoms with Crippen molar-refractivity contribution < 1.29 is 8.42 Å². The Kier molecular flexibility index (Phi) is 4.33. The van der Waals surface area contributed by atoms with E-state index in [-0.39, 0.29) is 6.04 Å². The summed E-state index contributed by atoms with van der Waals surface area (Å²) in [5, 5.41) is 0. The van der Waals surface area contributed by atoms with Gasteiger partial charge in [-0.3, -0.25) is 0 Å². The molecule has 1 fully saturated rings. The Morgan fingerprint density at radius 1 is 1.14 bits per heavy atom. The lowest BCUT2D eigenvalue weighted by atomic mass is 9.93. The zero-order valence-electron chi connectivity index (χ0n) is 12.4. The summed E-state index contributed by atoms with van der Waals surface area (Å²) < 4.78 is 27.6. The third-order valence-electron chi connectivity index (χ3n) is 4.74. The van der Waals surface area contributed by atoms with Gasteiger partial charge in [0.1, 0.15) is 0 Å². The second-order valence-corrected chi connectivity index (χ2v) is 8.02. The van der Waals surface area contributed by atoms with E-state index >= 15 is 0 Å². The summed E-state index contributed by atoms with van der Waals surface area (Å²) in [5.41, 5.74) is 8.09. The number of sulfonamides is 1. The van der Waals surface area contributed by atoms with Gasteiger partial charge in [0.05, 0.1) is 4.90 Å². The molecule has 0 aromatic heterocycles. The van der Waals surface area contributed by atoms with E-state index < -0.39 is 10.0 Å². The van der Waals surface area contributed by atoms with E-state index in [1.807, 2.05) is 12.1 Å². The van der Waals surface area contributed by atoms with Crippen LogP contribution in [0, 0.1) is 0 Å². The Morgan fingerprint density at radius 2 is 1.90 bits per heavy atom. The molecule has 3 rings (SSSR count). The molecule has 4 nitrogen and oxygen atoms in total. The number of aryl methyl sites for hydroxylation is 2. The van der Waals surface area contributed by atoms with Gasteiger partial charge in [-0.05, 0) is 68.3 Å². The molecule has 2 aliphatic rings. The lowest BCUT2D eigenvalue weighted by Crippen LogP contribution is -2.45. The highest BCUT2D eigenvalue weighted by Crippen LogP contribution is 2.32. The Balaban J connectivity index is 1.89. The van der Waals surface area contributed by atoms with Crippen LogP contribution < -0.4 is 5.73 Å². The molecule has 2 N–H and O–H groups in total. The monoisotopic (exact) mass is 308 g/mol. The third kappa shape index (κ3) is 2.87. The maximum Gasteiger partial charge on any atom is 0.243 e. The fourth-order valence-corrected chi connectivity index (χ4v) is 5.04. The van der Waals surface area contributed by atoms with Crippen LogP contribution in [0.3, 0.4) is 0 Å². The summed E-state index contributed by atoms with van der Waals surface area (Å²) in [6, 6.07) is 5.85.